The maximum atomic E-state index is 11.2. The molecule has 0 bridgehead atoms. The van der Waals surface area contributed by atoms with Crippen LogP contribution in [0.5, 0.6) is 5.75 Å². The lowest BCUT2D eigenvalue weighted by Crippen LogP contribution is -2.31. The Labute approximate surface area is 152 Å². The van der Waals surface area contributed by atoms with E-state index in [-0.39, 0.29) is 17.8 Å². The Morgan fingerprint density at radius 3 is 2.58 bits per heavy atom. The number of aliphatic hydroxyl groups excluding tert-OH is 1. The van der Waals surface area contributed by atoms with E-state index in [1.165, 1.54) is 19.2 Å². The average Bonchev–Trinajstić information content (AvgIpc) is 2.59. The molecule has 0 aliphatic carbocycles. The number of rotatable bonds is 4. The molecular weight excluding hydrogens is 332 g/mol. The summed E-state index contributed by atoms with van der Waals surface area (Å²) in [6, 6.07) is 8.29. The number of nitro groups is 1. The average molecular weight is 354 g/mol. The fourth-order valence-corrected chi connectivity index (χ4v) is 3.64. The van der Waals surface area contributed by atoms with E-state index in [1.807, 2.05) is 19.1 Å². The molecule has 2 N–H and O–H groups in total. The highest BCUT2D eigenvalue weighted by molar-refractivity contribution is 5.88. The van der Waals surface area contributed by atoms with Crippen LogP contribution in [0.2, 0.25) is 0 Å². The Morgan fingerprint density at radius 2 is 1.96 bits per heavy atom. The zero-order valence-electron chi connectivity index (χ0n) is 15.3. The molecule has 1 heterocycles. The van der Waals surface area contributed by atoms with Gasteiger partial charge in [0.25, 0.3) is 5.69 Å². The van der Waals surface area contributed by atoms with Crippen LogP contribution in [-0.4, -0.2) is 22.7 Å². The van der Waals surface area contributed by atoms with Gasteiger partial charge in [-0.1, -0.05) is 12.1 Å². The summed E-state index contributed by atoms with van der Waals surface area (Å²) in [5, 5.41) is 24.7. The van der Waals surface area contributed by atoms with Crippen LogP contribution in [0.3, 0.4) is 0 Å². The van der Waals surface area contributed by atoms with Crippen molar-refractivity contribution in [3.05, 3.63) is 57.6 Å². The molecule has 0 spiro atoms. The second-order valence-electron chi connectivity index (χ2n) is 6.99. The molecule has 0 atom stereocenters. The van der Waals surface area contributed by atoms with Crippen LogP contribution in [0.1, 0.15) is 31.9 Å². The predicted octanol–water partition coefficient (Wildman–Crippen LogP) is 4.37. The number of nitro benzene ring substituents is 1. The molecule has 3 rings (SSSR count). The van der Waals surface area contributed by atoms with Crippen LogP contribution < -0.4 is 10.1 Å². The zero-order valence-corrected chi connectivity index (χ0v) is 15.3. The molecule has 2 aromatic rings. The number of aliphatic hydroxyl groups is 1. The van der Waals surface area contributed by atoms with Gasteiger partial charge in [-0.25, -0.2) is 0 Å². The number of non-ortho nitro benzene ring substituents is 1. The van der Waals surface area contributed by atoms with Crippen molar-refractivity contribution < 1.29 is 14.8 Å². The third kappa shape index (κ3) is 3.04. The summed E-state index contributed by atoms with van der Waals surface area (Å²) in [7, 11) is 1.52. The predicted molar refractivity (Wildman–Crippen MR) is 102 cm³/mol. The lowest BCUT2D eigenvalue weighted by molar-refractivity contribution is -0.384. The van der Waals surface area contributed by atoms with Gasteiger partial charge in [0.2, 0.25) is 0 Å². The van der Waals surface area contributed by atoms with Gasteiger partial charge in [0, 0.05) is 28.9 Å². The van der Waals surface area contributed by atoms with Crippen molar-refractivity contribution in [2.24, 2.45) is 0 Å². The van der Waals surface area contributed by atoms with Gasteiger partial charge < -0.3 is 15.2 Å². The number of ether oxygens (including phenoxy) is 1. The first-order valence-electron chi connectivity index (χ1n) is 8.35. The Morgan fingerprint density at radius 1 is 1.23 bits per heavy atom. The van der Waals surface area contributed by atoms with E-state index in [2.05, 4.69) is 25.2 Å². The van der Waals surface area contributed by atoms with E-state index >= 15 is 0 Å². The molecule has 6 nitrogen and oxygen atoms in total. The summed E-state index contributed by atoms with van der Waals surface area (Å²) >= 11 is 0. The van der Waals surface area contributed by atoms with Crippen molar-refractivity contribution in [1.82, 2.24) is 0 Å². The molecule has 136 valence electrons. The number of allylic oxidation sites excluding steroid dienone is 1. The second kappa shape index (κ2) is 6.46. The van der Waals surface area contributed by atoms with Crippen LogP contribution in [-0.2, 0) is 6.61 Å². The van der Waals surface area contributed by atoms with Crippen LogP contribution in [0.15, 0.2) is 36.4 Å². The van der Waals surface area contributed by atoms with E-state index in [0.717, 1.165) is 28.0 Å². The molecule has 2 aromatic carbocycles. The molecule has 0 radical (unpaired) electrons. The minimum atomic E-state index is -0.435. The van der Waals surface area contributed by atoms with Crippen molar-refractivity contribution >= 4 is 16.9 Å². The standard InChI is InChI=1S/C20H22N2O4/c1-12-10-20(2,3)21-17-7-6-14(16(11-23)19(12)17)15-9-13(22(24)25)5-8-18(15)26-4/h5-10,21,23H,11H2,1-4H3. The van der Waals surface area contributed by atoms with E-state index in [9.17, 15) is 15.2 Å². The normalized spacial score (nSPS) is 14.9. The molecule has 0 amide bonds. The molecule has 0 unspecified atom stereocenters. The van der Waals surface area contributed by atoms with Crippen LogP contribution in [0.4, 0.5) is 11.4 Å². The third-order valence-corrected chi connectivity index (χ3v) is 4.58. The van der Waals surface area contributed by atoms with Gasteiger partial charge in [-0.05, 0) is 49.6 Å². The highest BCUT2D eigenvalue weighted by atomic mass is 16.6. The molecule has 1 aliphatic rings. The van der Waals surface area contributed by atoms with Gasteiger partial charge in [-0.2, -0.15) is 0 Å². The maximum absolute atomic E-state index is 11.2. The first kappa shape index (κ1) is 17.9. The number of benzene rings is 2. The Hall–Kier alpha value is -2.86. The number of fused-ring (bicyclic) bond motifs is 1. The molecule has 26 heavy (non-hydrogen) atoms. The van der Waals surface area contributed by atoms with Crippen molar-refractivity contribution in [1.29, 1.82) is 0 Å². The number of hydrogen-bond donors (Lipinski definition) is 2. The van der Waals surface area contributed by atoms with E-state index in [1.54, 1.807) is 6.07 Å². The summed E-state index contributed by atoms with van der Waals surface area (Å²) in [4.78, 5) is 10.8. The maximum Gasteiger partial charge on any atom is 0.270 e. The summed E-state index contributed by atoms with van der Waals surface area (Å²) in [6.45, 7) is 5.98. The summed E-state index contributed by atoms with van der Waals surface area (Å²) in [6.07, 6.45) is 2.11. The van der Waals surface area contributed by atoms with Crippen LogP contribution in [0, 0.1) is 10.1 Å². The van der Waals surface area contributed by atoms with Crippen molar-refractivity contribution in [2.75, 3.05) is 12.4 Å². The quantitative estimate of drug-likeness (QED) is 0.629. The molecular formula is C20H22N2O4. The number of nitrogens with one attached hydrogen (secondary N) is 1. The van der Waals surface area contributed by atoms with Gasteiger partial charge in [0.1, 0.15) is 5.75 Å². The second-order valence-corrected chi connectivity index (χ2v) is 6.99. The highest BCUT2D eigenvalue weighted by Gasteiger charge is 2.26. The highest BCUT2D eigenvalue weighted by Crippen LogP contribution is 2.43. The summed E-state index contributed by atoms with van der Waals surface area (Å²) in [5.74, 6) is 0.524. The molecule has 0 fully saturated rings. The zero-order chi connectivity index (χ0) is 19.1. The number of nitrogens with zero attached hydrogens (tertiary/aromatic N) is 1. The summed E-state index contributed by atoms with van der Waals surface area (Å²) in [5.41, 5.74) is 4.75. The minimum absolute atomic E-state index is 0.0195. The lowest BCUT2D eigenvalue weighted by atomic mass is 9.85. The monoisotopic (exact) mass is 354 g/mol. The Balaban J connectivity index is 2.27. The molecule has 0 saturated heterocycles. The SMILES string of the molecule is COc1ccc([N+](=O)[O-])cc1-c1ccc2c(c1CO)C(C)=CC(C)(C)N2. The Kier molecular flexibility index (Phi) is 4.46. The van der Waals surface area contributed by atoms with E-state index in [0.29, 0.717) is 11.3 Å². The van der Waals surface area contributed by atoms with Gasteiger partial charge in [-0.3, -0.25) is 10.1 Å². The third-order valence-electron chi connectivity index (χ3n) is 4.58. The topological polar surface area (TPSA) is 84.6 Å². The number of anilines is 1. The van der Waals surface area contributed by atoms with Gasteiger partial charge >= 0.3 is 0 Å². The van der Waals surface area contributed by atoms with E-state index in [4.69, 9.17) is 4.74 Å². The first-order chi connectivity index (χ1) is 12.3. The Bertz CT molecular complexity index is 916. The first-order valence-corrected chi connectivity index (χ1v) is 8.35. The van der Waals surface area contributed by atoms with Crippen molar-refractivity contribution in [2.45, 2.75) is 32.9 Å². The fraction of sp³-hybridized carbons (Fsp3) is 0.300. The largest absolute Gasteiger partial charge is 0.496 e. The van der Waals surface area contributed by atoms with Crippen LogP contribution >= 0.6 is 0 Å². The smallest absolute Gasteiger partial charge is 0.270 e. The molecule has 6 heteroatoms. The van der Waals surface area contributed by atoms with Crippen molar-refractivity contribution in [3.8, 4) is 16.9 Å². The van der Waals surface area contributed by atoms with Gasteiger partial charge in [-0.15, -0.1) is 0 Å². The fourth-order valence-electron chi connectivity index (χ4n) is 3.64. The molecule has 1 aliphatic heterocycles. The van der Waals surface area contributed by atoms with Gasteiger partial charge in [0.05, 0.1) is 24.2 Å². The van der Waals surface area contributed by atoms with Gasteiger partial charge in [0.15, 0.2) is 0 Å². The van der Waals surface area contributed by atoms with Crippen molar-refractivity contribution in [3.63, 3.8) is 0 Å². The van der Waals surface area contributed by atoms with E-state index < -0.39 is 4.92 Å². The number of hydrogen-bond acceptors (Lipinski definition) is 5. The minimum Gasteiger partial charge on any atom is -0.496 e. The number of methoxy groups -OCH3 is 1. The summed E-state index contributed by atoms with van der Waals surface area (Å²) < 4.78 is 5.40. The lowest BCUT2D eigenvalue weighted by Gasteiger charge is -2.33. The van der Waals surface area contributed by atoms with Crippen LogP contribution in [0.25, 0.3) is 16.7 Å². The molecule has 0 aromatic heterocycles. The molecule has 0 saturated carbocycles.